The van der Waals surface area contributed by atoms with Crippen LogP contribution >= 0.6 is 12.2 Å². The lowest BCUT2D eigenvalue weighted by molar-refractivity contribution is -0.131. The van der Waals surface area contributed by atoms with Gasteiger partial charge in [-0.15, -0.1) is 0 Å². The minimum absolute atomic E-state index is 0.0962. The van der Waals surface area contributed by atoms with Crippen molar-refractivity contribution >= 4 is 29.3 Å². The van der Waals surface area contributed by atoms with Crippen molar-refractivity contribution in [1.82, 2.24) is 10.2 Å². The molecular formula is C13H14N2O3S. The van der Waals surface area contributed by atoms with Crippen LogP contribution in [0.15, 0.2) is 23.4 Å². The van der Waals surface area contributed by atoms with Crippen LogP contribution < -0.4 is 5.32 Å². The Labute approximate surface area is 116 Å². The number of imide groups is 1. The highest BCUT2D eigenvalue weighted by molar-refractivity contribution is 7.80. The third-order valence-corrected chi connectivity index (χ3v) is 4.27. The molecule has 2 unspecified atom stereocenters. The molecule has 1 saturated carbocycles. The summed E-state index contributed by atoms with van der Waals surface area (Å²) < 4.78 is 4.90. The maximum atomic E-state index is 12.6. The number of nitrogens with zero attached hydrogens (tertiary/aromatic N) is 1. The Kier molecular flexibility index (Phi) is 2.53. The minimum Gasteiger partial charge on any atom is -0.449 e. The number of carbonyl (C=O) groups excluding carboxylic acids is 2. The maximum absolute atomic E-state index is 12.6. The maximum Gasteiger partial charge on any atom is 0.423 e. The van der Waals surface area contributed by atoms with Crippen molar-refractivity contribution < 1.29 is 14.3 Å². The topological polar surface area (TPSA) is 58.6 Å². The summed E-state index contributed by atoms with van der Waals surface area (Å²) in [7, 11) is 0. The number of carbonyl (C=O) groups is 2. The number of thiocarbonyl (C=S) groups is 1. The van der Waals surface area contributed by atoms with Crippen LogP contribution in [0.4, 0.5) is 4.79 Å². The molecule has 1 heterocycles. The molecule has 1 N–H and O–H groups in total. The van der Waals surface area contributed by atoms with E-state index in [0.29, 0.717) is 0 Å². The fourth-order valence-corrected chi connectivity index (χ4v) is 3.18. The van der Waals surface area contributed by atoms with Gasteiger partial charge in [0.25, 0.3) is 5.91 Å². The van der Waals surface area contributed by atoms with Gasteiger partial charge in [-0.1, -0.05) is 11.6 Å². The first-order valence-electron chi connectivity index (χ1n) is 6.23. The smallest absolute Gasteiger partial charge is 0.423 e. The van der Waals surface area contributed by atoms with Gasteiger partial charge in [-0.3, -0.25) is 4.79 Å². The van der Waals surface area contributed by atoms with E-state index < -0.39 is 11.5 Å². The standard InChI is InChI=1S/C13H14N2O3S/c1-3-18-12(17)15-10(16)13-6-8(13)7(2)4-5-9(13)14-11(15)19/h4-5,8H,3,6H2,1-2H3,(H,14,19). The lowest BCUT2D eigenvalue weighted by Gasteiger charge is -2.35. The summed E-state index contributed by atoms with van der Waals surface area (Å²) in [6.45, 7) is 3.91. The normalized spacial score (nSPS) is 31.7. The van der Waals surface area contributed by atoms with Crippen molar-refractivity contribution in [3.8, 4) is 0 Å². The molecule has 0 aromatic heterocycles. The first kappa shape index (κ1) is 12.3. The molecule has 0 aromatic rings. The van der Waals surface area contributed by atoms with Gasteiger partial charge in [0.1, 0.15) is 0 Å². The summed E-state index contributed by atoms with van der Waals surface area (Å²) in [5.41, 5.74) is 1.35. The number of amides is 2. The van der Waals surface area contributed by atoms with Crippen LogP contribution in [-0.4, -0.2) is 28.6 Å². The van der Waals surface area contributed by atoms with Gasteiger partial charge in [0.2, 0.25) is 0 Å². The van der Waals surface area contributed by atoms with Gasteiger partial charge >= 0.3 is 6.09 Å². The Hall–Kier alpha value is -1.69. The van der Waals surface area contributed by atoms with Crippen LogP contribution in [0.25, 0.3) is 0 Å². The Balaban J connectivity index is 1.96. The van der Waals surface area contributed by atoms with Crippen molar-refractivity contribution in [2.24, 2.45) is 11.3 Å². The molecule has 3 rings (SSSR count). The summed E-state index contributed by atoms with van der Waals surface area (Å²) in [5.74, 6) is -0.0917. The second-order valence-electron chi connectivity index (χ2n) is 4.99. The molecule has 1 saturated heterocycles. The number of hydrogen-bond acceptors (Lipinski definition) is 4. The number of allylic oxidation sites excluding steroid dienone is 3. The van der Waals surface area contributed by atoms with Crippen molar-refractivity contribution in [3.63, 3.8) is 0 Å². The first-order chi connectivity index (χ1) is 9.02. The van der Waals surface area contributed by atoms with Crippen LogP contribution in [0.5, 0.6) is 0 Å². The summed E-state index contributed by atoms with van der Waals surface area (Å²) in [4.78, 5) is 25.4. The lowest BCUT2D eigenvalue weighted by Crippen LogP contribution is -2.57. The van der Waals surface area contributed by atoms with Crippen molar-refractivity contribution in [2.75, 3.05) is 6.61 Å². The molecule has 3 aliphatic rings. The van der Waals surface area contributed by atoms with Gasteiger partial charge < -0.3 is 10.1 Å². The van der Waals surface area contributed by atoms with Crippen molar-refractivity contribution in [3.05, 3.63) is 23.4 Å². The molecular weight excluding hydrogens is 264 g/mol. The van der Waals surface area contributed by atoms with E-state index in [1.165, 1.54) is 0 Å². The number of ether oxygens (including phenoxy) is 1. The summed E-state index contributed by atoms with van der Waals surface area (Å²) in [6, 6.07) is 0. The highest BCUT2D eigenvalue weighted by Gasteiger charge is 2.68. The summed E-state index contributed by atoms with van der Waals surface area (Å²) >= 11 is 5.09. The van der Waals surface area contributed by atoms with E-state index in [1.54, 1.807) is 6.92 Å². The molecule has 5 nitrogen and oxygen atoms in total. The molecule has 2 amide bonds. The zero-order valence-corrected chi connectivity index (χ0v) is 11.5. The Morgan fingerprint density at radius 2 is 2.37 bits per heavy atom. The Morgan fingerprint density at radius 1 is 1.63 bits per heavy atom. The quantitative estimate of drug-likeness (QED) is 0.740. The van der Waals surface area contributed by atoms with Crippen LogP contribution in [-0.2, 0) is 9.53 Å². The van der Waals surface area contributed by atoms with Crippen LogP contribution in [0.1, 0.15) is 20.3 Å². The second-order valence-corrected chi connectivity index (χ2v) is 5.38. The Bertz CT molecular complexity index is 566. The average molecular weight is 278 g/mol. The van der Waals surface area contributed by atoms with Gasteiger partial charge in [0, 0.05) is 11.6 Å². The molecule has 1 spiro atoms. The predicted molar refractivity (Wildman–Crippen MR) is 72.0 cm³/mol. The molecule has 2 fully saturated rings. The minimum atomic E-state index is -0.698. The van der Waals surface area contributed by atoms with E-state index in [9.17, 15) is 9.59 Å². The monoisotopic (exact) mass is 278 g/mol. The van der Waals surface area contributed by atoms with Gasteiger partial charge in [-0.25, -0.2) is 4.79 Å². The lowest BCUT2D eigenvalue weighted by atomic mass is 9.88. The van der Waals surface area contributed by atoms with Crippen molar-refractivity contribution in [2.45, 2.75) is 20.3 Å². The average Bonchev–Trinajstić information content (AvgIpc) is 3.10. The highest BCUT2D eigenvalue weighted by atomic mass is 32.1. The third-order valence-electron chi connectivity index (χ3n) is 3.98. The fraction of sp³-hybridized carbons (Fsp3) is 0.462. The van der Waals surface area contributed by atoms with E-state index in [-0.39, 0.29) is 23.5 Å². The van der Waals surface area contributed by atoms with Crippen molar-refractivity contribution in [1.29, 1.82) is 0 Å². The van der Waals surface area contributed by atoms with E-state index in [4.69, 9.17) is 17.0 Å². The molecule has 6 heteroatoms. The zero-order chi connectivity index (χ0) is 13.8. The molecule has 0 radical (unpaired) electrons. The number of rotatable bonds is 1. The summed E-state index contributed by atoms with van der Waals surface area (Å²) in [5, 5.41) is 3.09. The van der Waals surface area contributed by atoms with Gasteiger partial charge in [-0.2, -0.15) is 4.90 Å². The van der Waals surface area contributed by atoms with E-state index in [2.05, 4.69) is 5.32 Å². The highest BCUT2D eigenvalue weighted by Crippen LogP contribution is 2.64. The van der Waals surface area contributed by atoms with Gasteiger partial charge in [0.05, 0.1) is 12.0 Å². The predicted octanol–water partition coefficient (Wildman–Crippen LogP) is 1.71. The molecule has 19 heavy (non-hydrogen) atoms. The molecule has 2 aliphatic carbocycles. The molecule has 1 aliphatic heterocycles. The first-order valence-corrected chi connectivity index (χ1v) is 6.64. The Morgan fingerprint density at radius 3 is 3.05 bits per heavy atom. The SMILES string of the molecule is CCOC(=O)N1C(=O)C23CC2C(C)=CC=C3NC1=S. The molecule has 2 atom stereocenters. The number of nitrogens with one attached hydrogen (secondary N) is 1. The summed E-state index contributed by atoms with van der Waals surface area (Å²) in [6.07, 6.45) is 3.90. The number of hydrogen-bond donors (Lipinski definition) is 1. The van der Waals surface area contributed by atoms with E-state index in [0.717, 1.165) is 22.6 Å². The largest absolute Gasteiger partial charge is 0.449 e. The fourth-order valence-electron chi connectivity index (χ4n) is 2.91. The van der Waals surface area contributed by atoms with Gasteiger partial charge in [-0.05, 0) is 38.6 Å². The molecule has 0 aromatic carbocycles. The van der Waals surface area contributed by atoms with E-state index in [1.807, 2.05) is 19.1 Å². The van der Waals surface area contributed by atoms with E-state index >= 15 is 0 Å². The third kappa shape index (κ3) is 1.49. The van der Waals surface area contributed by atoms with Gasteiger partial charge in [0.15, 0.2) is 5.11 Å². The molecule has 0 bridgehead atoms. The van der Waals surface area contributed by atoms with Crippen LogP contribution in [0.3, 0.4) is 0 Å². The molecule has 100 valence electrons. The van der Waals surface area contributed by atoms with Crippen LogP contribution in [0.2, 0.25) is 0 Å². The van der Waals surface area contributed by atoms with Crippen LogP contribution in [0, 0.1) is 11.3 Å². The second kappa shape index (κ2) is 3.90. The zero-order valence-electron chi connectivity index (χ0n) is 10.7.